The van der Waals surface area contributed by atoms with Crippen molar-refractivity contribution in [3.05, 3.63) is 11.9 Å². The van der Waals surface area contributed by atoms with Crippen molar-refractivity contribution >= 4 is 11.6 Å². The lowest BCUT2D eigenvalue weighted by atomic mass is 9.74. The standard InChI is InChI=1S/C15H26N4O/c1-2-6-12-13(16)18-11-19-14(12)17-9-15(10-20)7-4-3-5-8-15/h11,20H,2-10H2,1H3,(H3,16,17,18,19). The third-order valence-corrected chi connectivity index (χ3v) is 4.36. The molecule has 2 rings (SSSR count). The Kier molecular flexibility index (Phi) is 5.17. The van der Waals surface area contributed by atoms with Crippen molar-refractivity contribution in [3.63, 3.8) is 0 Å². The normalized spacial score (nSPS) is 17.9. The molecule has 112 valence electrons. The van der Waals surface area contributed by atoms with Gasteiger partial charge in [-0.25, -0.2) is 9.97 Å². The Labute approximate surface area is 121 Å². The minimum Gasteiger partial charge on any atom is -0.396 e. The number of nitrogens with one attached hydrogen (secondary N) is 1. The van der Waals surface area contributed by atoms with E-state index in [9.17, 15) is 5.11 Å². The van der Waals surface area contributed by atoms with Crippen molar-refractivity contribution in [2.24, 2.45) is 5.41 Å². The van der Waals surface area contributed by atoms with E-state index >= 15 is 0 Å². The molecule has 0 atom stereocenters. The summed E-state index contributed by atoms with van der Waals surface area (Å²) in [5.41, 5.74) is 6.94. The van der Waals surface area contributed by atoms with Gasteiger partial charge in [0.1, 0.15) is 18.0 Å². The van der Waals surface area contributed by atoms with Crippen molar-refractivity contribution in [2.45, 2.75) is 51.9 Å². The van der Waals surface area contributed by atoms with Gasteiger partial charge in [0, 0.05) is 17.5 Å². The average Bonchev–Trinajstić information content (AvgIpc) is 2.49. The van der Waals surface area contributed by atoms with Crippen molar-refractivity contribution in [3.8, 4) is 0 Å². The molecular weight excluding hydrogens is 252 g/mol. The van der Waals surface area contributed by atoms with Gasteiger partial charge in [0.25, 0.3) is 0 Å². The van der Waals surface area contributed by atoms with E-state index in [2.05, 4.69) is 22.2 Å². The van der Waals surface area contributed by atoms with E-state index in [1.165, 1.54) is 25.6 Å². The van der Waals surface area contributed by atoms with E-state index < -0.39 is 0 Å². The first-order chi connectivity index (χ1) is 9.71. The average molecular weight is 278 g/mol. The highest BCUT2D eigenvalue weighted by atomic mass is 16.3. The summed E-state index contributed by atoms with van der Waals surface area (Å²) >= 11 is 0. The number of nitrogen functional groups attached to an aromatic ring is 1. The predicted octanol–water partition coefficient (Wildman–Crippen LogP) is 2.37. The number of aliphatic hydroxyl groups excluding tert-OH is 1. The molecule has 0 spiro atoms. The Balaban J connectivity index is 2.07. The molecule has 0 amide bonds. The Hall–Kier alpha value is -1.36. The number of anilines is 2. The zero-order valence-corrected chi connectivity index (χ0v) is 12.4. The van der Waals surface area contributed by atoms with Gasteiger partial charge in [-0.15, -0.1) is 0 Å². The van der Waals surface area contributed by atoms with Gasteiger partial charge in [-0.2, -0.15) is 0 Å². The summed E-state index contributed by atoms with van der Waals surface area (Å²) in [6.07, 6.45) is 9.25. The number of hydrogen-bond acceptors (Lipinski definition) is 5. The molecule has 0 unspecified atom stereocenters. The maximum Gasteiger partial charge on any atom is 0.134 e. The number of aromatic nitrogens is 2. The molecule has 0 radical (unpaired) electrons. The highest BCUT2D eigenvalue weighted by Crippen LogP contribution is 2.36. The molecular formula is C15H26N4O. The molecule has 0 aliphatic heterocycles. The third kappa shape index (κ3) is 3.39. The minimum atomic E-state index is 0.00144. The Morgan fingerprint density at radius 2 is 2.05 bits per heavy atom. The van der Waals surface area contributed by atoms with Gasteiger partial charge in [-0.3, -0.25) is 0 Å². The first-order valence-corrected chi connectivity index (χ1v) is 7.65. The van der Waals surface area contributed by atoms with Crippen LogP contribution in [0.4, 0.5) is 11.6 Å². The molecule has 1 aliphatic rings. The van der Waals surface area contributed by atoms with E-state index in [1.807, 2.05) is 0 Å². The van der Waals surface area contributed by atoms with Crippen molar-refractivity contribution < 1.29 is 5.11 Å². The summed E-state index contributed by atoms with van der Waals surface area (Å²) in [6, 6.07) is 0. The fourth-order valence-corrected chi connectivity index (χ4v) is 3.04. The molecule has 0 bridgehead atoms. The van der Waals surface area contributed by atoms with E-state index in [1.54, 1.807) is 0 Å². The van der Waals surface area contributed by atoms with E-state index in [0.29, 0.717) is 5.82 Å². The maximum atomic E-state index is 9.75. The van der Waals surface area contributed by atoms with Crippen molar-refractivity contribution in [1.29, 1.82) is 0 Å². The molecule has 1 heterocycles. The van der Waals surface area contributed by atoms with Crippen LogP contribution in [0.15, 0.2) is 6.33 Å². The molecule has 4 N–H and O–H groups in total. The zero-order chi connectivity index (χ0) is 14.4. The van der Waals surface area contributed by atoms with Gasteiger partial charge in [-0.1, -0.05) is 32.6 Å². The van der Waals surface area contributed by atoms with Crippen LogP contribution >= 0.6 is 0 Å². The monoisotopic (exact) mass is 278 g/mol. The van der Waals surface area contributed by atoms with Crippen LogP contribution in [0.25, 0.3) is 0 Å². The Bertz CT molecular complexity index is 430. The summed E-state index contributed by atoms with van der Waals surface area (Å²) in [4.78, 5) is 8.39. The van der Waals surface area contributed by atoms with Crippen LogP contribution in [0, 0.1) is 5.41 Å². The molecule has 1 fully saturated rings. The van der Waals surface area contributed by atoms with Crippen LogP contribution in [-0.4, -0.2) is 28.2 Å². The predicted molar refractivity (Wildman–Crippen MR) is 81.5 cm³/mol. The smallest absolute Gasteiger partial charge is 0.134 e. The minimum absolute atomic E-state index is 0.00144. The number of aliphatic hydroxyl groups is 1. The summed E-state index contributed by atoms with van der Waals surface area (Å²) in [5, 5.41) is 13.2. The van der Waals surface area contributed by atoms with E-state index in [0.717, 1.165) is 43.6 Å². The largest absolute Gasteiger partial charge is 0.396 e. The zero-order valence-electron chi connectivity index (χ0n) is 12.4. The number of nitrogens with zero attached hydrogens (tertiary/aromatic N) is 2. The molecule has 0 saturated heterocycles. The molecule has 5 heteroatoms. The maximum absolute atomic E-state index is 9.75. The van der Waals surface area contributed by atoms with Crippen molar-refractivity contribution in [2.75, 3.05) is 24.2 Å². The molecule has 1 aromatic rings. The first kappa shape index (κ1) is 15.0. The lowest BCUT2D eigenvalue weighted by Crippen LogP contribution is -2.36. The Morgan fingerprint density at radius 3 is 2.70 bits per heavy atom. The molecule has 1 saturated carbocycles. The first-order valence-electron chi connectivity index (χ1n) is 7.65. The van der Waals surface area contributed by atoms with E-state index in [-0.39, 0.29) is 12.0 Å². The molecule has 1 aliphatic carbocycles. The van der Waals surface area contributed by atoms with Gasteiger partial charge in [0.15, 0.2) is 0 Å². The van der Waals surface area contributed by atoms with Gasteiger partial charge in [0.05, 0.1) is 6.61 Å². The lowest BCUT2D eigenvalue weighted by molar-refractivity contribution is 0.0943. The van der Waals surface area contributed by atoms with Gasteiger partial charge >= 0.3 is 0 Å². The quantitative estimate of drug-likeness (QED) is 0.744. The van der Waals surface area contributed by atoms with Crippen LogP contribution < -0.4 is 11.1 Å². The van der Waals surface area contributed by atoms with E-state index in [4.69, 9.17) is 5.73 Å². The van der Waals surface area contributed by atoms with Gasteiger partial charge < -0.3 is 16.2 Å². The van der Waals surface area contributed by atoms with Crippen LogP contribution in [0.5, 0.6) is 0 Å². The van der Waals surface area contributed by atoms with Gasteiger partial charge in [-0.05, 0) is 19.3 Å². The topological polar surface area (TPSA) is 84.1 Å². The molecule has 0 aromatic carbocycles. The SMILES string of the molecule is CCCc1c(N)ncnc1NCC1(CO)CCCCC1. The van der Waals surface area contributed by atoms with Crippen molar-refractivity contribution in [1.82, 2.24) is 9.97 Å². The van der Waals surface area contributed by atoms with Crippen LogP contribution in [0.3, 0.4) is 0 Å². The second-order valence-electron chi connectivity index (χ2n) is 5.91. The number of rotatable bonds is 6. The Morgan fingerprint density at radius 1 is 1.30 bits per heavy atom. The summed E-state index contributed by atoms with van der Waals surface area (Å²) in [6.45, 7) is 3.12. The fourth-order valence-electron chi connectivity index (χ4n) is 3.04. The number of hydrogen-bond donors (Lipinski definition) is 3. The second kappa shape index (κ2) is 6.88. The lowest BCUT2D eigenvalue weighted by Gasteiger charge is -2.36. The summed E-state index contributed by atoms with van der Waals surface area (Å²) in [5.74, 6) is 1.39. The fraction of sp³-hybridized carbons (Fsp3) is 0.733. The van der Waals surface area contributed by atoms with Crippen LogP contribution in [0.1, 0.15) is 51.0 Å². The highest BCUT2D eigenvalue weighted by Gasteiger charge is 2.31. The third-order valence-electron chi connectivity index (χ3n) is 4.36. The van der Waals surface area contributed by atoms with Gasteiger partial charge in [0.2, 0.25) is 0 Å². The summed E-state index contributed by atoms with van der Waals surface area (Å²) in [7, 11) is 0. The van der Waals surface area contributed by atoms with Crippen LogP contribution in [-0.2, 0) is 6.42 Å². The molecule has 1 aromatic heterocycles. The highest BCUT2D eigenvalue weighted by molar-refractivity contribution is 5.55. The molecule has 5 nitrogen and oxygen atoms in total. The number of nitrogens with two attached hydrogens (primary N) is 1. The second-order valence-corrected chi connectivity index (χ2v) is 5.91. The molecule has 20 heavy (non-hydrogen) atoms. The summed E-state index contributed by atoms with van der Waals surface area (Å²) < 4.78 is 0. The van der Waals surface area contributed by atoms with Crippen LogP contribution in [0.2, 0.25) is 0 Å².